The molecule has 1 aliphatic rings. The van der Waals surface area contributed by atoms with Crippen LogP contribution >= 0.6 is 0 Å². The molecule has 1 aliphatic heterocycles. The average molecular weight is 264 g/mol. The second-order valence-electron chi connectivity index (χ2n) is 4.94. The molecule has 0 aliphatic carbocycles. The van der Waals surface area contributed by atoms with E-state index >= 15 is 0 Å². The maximum absolute atomic E-state index is 12.4. The van der Waals surface area contributed by atoms with E-state index in [1.165, 1.54) is 0 Å². The number of nitrogens with two attached hydrogens (primary N) is 1. The minimum atomic E-state index is -0.0521. The fourth-order valence-corrected chi connectivity index (χ4v) is 2.44. The zero-order chi connectivity index (χ0) is 13.8. The van der Waals surface area contributed by atoms with Crippen LogP contribution < -0.4 is 10.5 Å². The Hall–Kier alpha value is -1.75. The molecule has 0 spiro atoms. The van der Waals surface area contributed by atoms with Crippen LogP contribution in [0, 0.1) is 5.92 Å². The predicted molar refractivity (Wildman–Crippen MR) is 73.1 cm³/mol. The van der Waals surface area contributed by atoms with E-state index in [9.17, 15) is 9.90 Å². The van der Waals surface area contributed by atoms with Gasteiger partial charge < -0.3 is 20.5 Å². The molecular formula is C14H20N2O3. The molecule has 1 aromatic rings. The molecule has 5 heteroatoms. The molecule has 0 saturated carbocycles. The van der Waals surface area contributed by atoms with Crippen LogP contribution in [0.3, 0.4) is 0 Å². The van der Waals surface area contributed by atoms with Crippen molar-refractivity contribution in [2.75, 3.05) is 32.5 Å². The van der Waals surface area contributed by atoms with Gasteiger partial charge in [-0.05, 0) is 30.9 Å². The van der Waals surface area contributed by atoms with Crippen LogP contribution in [0.1, 0.15) is 23.2 Å². The normalized spacial score (nSPS) is 19.3. The third-order valence-electron chi connectivity index (χ3n) is 3.48. The van der Waals surface area contributed by atoms with Crippen LogP contribution in [0.5, 0.6) is 5.75 Å². The lowest BCUT2D eigenvalue weighted by Gasteiger charge is -2.32. The lowest BCUT2D eigenvalue weighted by molar-refractivity contribution is 0.0620. The van der Waals surface area contributed by atoms with E-state index in [0.717, 1.165) is 19.4 Å². The molecule has 104 valence electrons. The summed E-state index contributed by atoms with van der Waals surface area (Å²) in [5.41, 5.74) is 6.81. The van der Waals surface area contributed by atoms with E-state index in [2.05, 4.69) is 0 Å². The highest BCUT2D eigenvalue weighted by atomic mass is 16.5. The van der Waals surface area contributed by atoms with Gasteiger partial charge in [-0.3, -0.25) is 4.79 Å². The maximum Gasteiger partial charge on any atom is 0.254 e. The fourth-order valence-electron chi connectivity index (χ4n) is 2.44. The predicted octanol–water partition coefficient (Wildman–Crippen LogP) is 1.12. The number of nitrogen functional groups attached to an aromatic ring is 1. The van der Waals surface area contributed by atoms with Gasteiger partial charge in [-0.2, -0.15) is 0 Å². The summed E-state index contributed by atoms with van der Waals surface area (Å²) in [6.07, 6.45) is 1.90. The van der Waals surface area contributed by atoms with Crippen molar-refractivity contribution in [2.24, 2.45) is 5.92 Å². The summed E-state index contributed by atoms with van der Waals surface area (Å²) in [5, 5.41) is 9.21. The first-order valence-corrected chi connectivity index (χ1v) is 6.48. The number of carbonyl (C=O) groups excluding carboxylic acids is 1. The van der Waals surface area contributed by atoms with E-state index in [1.54, 1.807) is 30.2 Å². The second-order valence-corrected chi connectivity index (χ2v) is 4.94. The number of amides is 1. The molecule has 1 saturated heterocycles. The first-order chi connectivity index (χ1) is 9.13. The number of hydrogen-bond donors (Lipinski definition) is 2. The minimum absolute atomic E-state index is 0.0521. The fraction of sp³-hybridized carbons (Fsp3) is 0.500. The molecule has 1 fully saturated rings. The first kappa shape index (κ1) is 13.7. The van der Waals surface area contributed by atoms with Crippen molar-refractivity contribution < 1.29 is 14.6 Å². The quantitative estimate of drug-likeness (QED) is 0.802. The number of aliphatic hydroxyl groups excluding tert-OH is 1. The summed E-state index contributed by atoms with van der Waals surface area (Å²) in [7, 11) is 1.55. The van der Waals surface area contributed by atoms with Crippen molar-refractivity contribution in [1.29, 1.82) is 0 Å². The Kier molecular flexibility index (Phi) is 4.27. The Bertz CT molecular complexity index is 462. The standard InChI is InChI=1S/C14H20N2O3/c1-19-13-6-11(5-12(15)7-13)14(18)16-4-2-3-10(8-16)9-17/h5-7,10,17H,2-4,8-9,15H2,1H3. The van der Waals surface area contributed by atoms with Crippen molar-refractivity contribution in [2.45, 2.75) is 12.8 Å². The molecule has 0 aromatic heterocycles. The van der Waals surface area contributed by atoms with Gasteiger partial charge in [0.2, 0.25) is 0 Å². The second kappa shape index (κ2) is 5.93. The third kappa shape index (κ3) is 3.17. The summed E-state index contributed by atoms with van der Waals surface area (Å²) in [5.74, 6) is 0.712. The monoisotopic (exact) mass is 264 g/mol. The zero-order valence-electron chi connectivity index (χ0n) is 11.1. The Labute approximate surface area is 113 Å². The summed E-state index contributed by atoms with van der Waals surface area (Å²) >= 11 is 0. The van der Waals surface area contributed by atoms with Crippen molar-refractivity contribution in [3.63, 3.8) is 0 Å². The highest BCUT2D eigenvalue weighted by Crippen LogP contribution is 2.22. The SMILES string of the molecule is COc1cc(N)cc(C(=O)N2CCCC(CO)C2)c1. The molecule has 3 N–H and O–H groups in total. The van der Waals surface area contributed by atoms with E-state index < -0.39 is 0 Å². The minimum Gasteiger partial charge on any atom is -0.497 e. The topological polar surface area (TPSA) is 75.8 Å². The summed E-state index contributed by atoms with van der Waals surface area (Å²) < 4.78 is 5.12. The van der Waals surface area contributed by atoms with Gasteiger partial charge in [-0.1, -0.05) is 0 Å². The van der Waals surface area contributed by atoms with Crippen LogP contribution in [0.4, 0.5) is 5.69 Å². The molecule has 1 amide bonds. The number of rotatable bonds is 3. The average Bonchev–Trinajstić information content (AvgIpc) is 2.45. The lowest BCUT2D eigenvalue weighted by atomic mass is 9.98. The molecular weight excluding hydrogens is 244 g/mol. The Morgan fingerprint density at radius 3 is 3.00 bits per heavy atom. The number of hydrogen-bond acceptors (Lipinski definition) is 4. The molecule has 1 aromatic carbocycles. The van der Waals surface area contributed by atoms with Crippen LogP contribution in [-0.2, 0) is 0 Å². The Balaban J connectivity index is 2.16. The van der Waals surface area contributed by atoms with Gasteiger partial charge in [0.05, 0.1) is 7.11 Å². The van der Waals surface area contributed by atoms with Crippen molar-refractivity contribution in [3.8, 4) is 5.75 Å². The number of nitrogens with zero attached hydrogens (tertiary/aromatic N) is 1. The smallest absolute Gasteiger partial charge is 0.254 e. The van der Waals surface area contributed by atoms with Gasteiger partial charge in [-0.15, -0.1) is 0 Å². The molecule has 1 heterocycles. The summed E-state index contributed by atoms with van der Waals surface area (Å²) in [6, 6.07) is 5.04. The highest BCUT2D eigenvalue weighted by Gasteiger charge is 2.24. The Morgan fingerprint density at radius 2 is 2.32 bits per heavy atom. The van der Waals surface area contributed by atoms with Crippen LogP contribution in [0.25, 0.3) is 0 Å². The van der Waals surface area contributed by atoms with Crippen LogP contribution in [0.15, 0.2) is 18.2 Å². The molecule has 1 unspecified atom stereocenters. The number of anilines is 1. The molecule has 19 heavy (non-hydrogen) atoms. The highest BCUT2D eigenvalue weighted by molar-refractivity contribution is 5.95. The molecule has 5 nitrogen and oxygen atoms in total. The molecule has 0 radical (unpaired) electrons. The number of piperidine rings is 1. The zero-order valence-corrected chi connectivity index (χ0v) is 11.1. The van der Waals surface area contributed by atoms with Gasteiger partial charge >= 0.3 is 0 Å². The number of ether oxygens (including phenoxy) is 1. The van der Waals surface area contributed by atoms with Crippen LogP contribution in [0.2, 0.25) is 0 Å². The maximum atomic E-state index is 12.4. The largest absolute Gasteiger partial charge is 0.497 e. The lowest BCUT2D eigenvalue weighted by Crippen LogP contribution is -2.40. The van der Waals surface area contributed by atoms with Crippen molar-refractivity contribution >= 4 is 11.6 Å². The van der Waals surface area contributed by atoms with E-state index in [1.807, 2.05) is 0 Å². The van der Waals surface area contributed by atoms with Gasteiger partial charge in [-0.25, -0.2) is 0 Å². The third-order valence-corrected chi connectivity index (χ3v) is 3.48. The summed E-state index contributed by atoms with van der Waals surface area (Å²) in [6.45, 7) is 1.46. The van der Waals surface area contributed by atoms with Crippen molar-refractivity contribution in [1.82, 2.24) is 4.90 Å². The van der Waals surface area contributed by atoms with E-state index in [-0.39, 0.29) is 18.4 Å². The number of aliphatic hydroxyl groups is 1. The van der Waals surface area contributed by atoms with Gasteiger partial charge in [0.1, 0.15) is 5.75 Å². The van der Waals surface area contributed by atoms with Crippen LogP contribution in [-0.4, -0.2) is 42.7 Å². The van der Waals surface area contributed by atoms with Gasteiger partial charge in [0.15, 0.2) is 0 Å². The molecule has 0 bridgehead atoms. The van der Waals surface area contributed by atoms with E-state index in [0.29, 0.717) is 23.5 Å². The van der Waals surface area contributed by atoms with Gasteiger partial charge in [0.25, 0.3) is 5.91 Å². The molecule has 1 atom stereocenters. The Morgan fingerprint density at radius 1 is 1.53 bits per heavy atom. The summed E-state index contributed by atoms with van der Waals surface area (Å²) in [4.78, 5) is 14.2. The number of benzene rings is 1. The van der Waals surface area contributed by atoms with E-state index in [4.69, 9.17) is 10.5 Å². The number of carbonyl (C=O) groups is 1. The number of methoxy groups -OCH3 is 1. The number of likely N-dealkylation sites (tertiary alicyclic amines) is 1. The van der Waals surface area contributed by atoms with Crippen molar-refractivity contribution in [3.05, 3.63) is 23.8 Å². The molecule has 2 rings (SSSR count). The van der Waals surface area contributed by atoms with Gasteiger partial charge in [0, 0.05) is 37.0 Å². The first-order valence-electron chi connectivity index (χ1n) is 6.48.